The van der Waals surface area contributed by atoms with Crippen LogP contribution in [0.3, 0.4) is 0 Å². The minimum atomic E-state index is -0.00980. The third-order valence-electron chi connectivity index (χ3n) is 5.62. The maximum Gasteiger partial charge on any atom is 0.239 e. The van der Waals surface area contributed by atoms with Crippen molar-refractivity contribution in [3.63, 3.8) is 0 Å². The zero-order chi connectivity index (χ0) is 16.0. The molecule has 0 spiro atoms. The number of rotatable bonds is 2. The summed E-state index contributed by atoms with van der Waals surface area (Å²) < 4.78 is 0. The van der Waals surface area contributed by atoms with E-state index < -0.39 is 0 Å². The number of fused-ring (bicyclic) bond motifs is 2. The van der Waals surface area contributed by atoms with Crippen molar-refractivity contribution in [2.24, 2.45) is 0 Å². The van der Waals surface area contributed by atoms with Gasteiger partial charge in [-0.1, -0.05) is 36.4 Å². The van der Waals surface area contributed by atoms with Gasteiger partial charge in [0.2, 0.25) is 5.91 Å². The second-order valence-electron chi connectivity index (χ2n) is 7.02. The molecule has 4 rings (SSSR count). The number of carbonyl (C=O) groups is 1. The highest BCUT2D eigenvalue weighted by molar-refractivity contribution is 5.88. The van der Waals surface area contributed by atoms with Crippen molar-refractivity contribution in [1.29, 1.82) is 0 Å². The maximum absolute atomic E-state index is 12.6. The van der Waals surface area contributed by atoms with Gasteiger partial charge >= 0.3 is 0 Å². The minimum absolute atomic E-state index is 0.00980. The lowest BCUT2D eigenvalue weighted by atomic mass is 9.98. The van der Waals surface area contributed by atoms with Crippen LogP contribution in [0.15, 0.2) is 36.4 Å². The molecule has 0 unspecified atom stereocenters. The predicted octanol–water partition coefficient (Wildman–Crippen LogP) is 3.34. The Labute approximate surface area is 137 Å². The van der Waals surface area contributed by atoms with Crippen LogP contribution in [0.25, 0.3) is 10.8 Å². The average Bonchev–Trinajstić information content (AvgIpc) is 3.03. The van der Waals surface area contributed by atoms with Gasteiger partial charge in [-0.05, 0) is 48.6 Å². The number of amides is 1. The van der Waals surface area contributed by atoms with Crippen LogP contribution in [-0.2, 0) is 11.3 Å². The van der Waals surface area contributed by atoms with Gasteiger partial charge in [0, 0.05) is 25.7 Å². The zero-order valence-corrected chi connectivity index (χ0v) is 14.0. The molecule has 2 atom stereocenters. The van der Waals surface area contributed by atoms with Crippen LogP contribution in [0.2, 0.25) is 0 Å². The SMILES string of the molecule is Cc1ccc(CN2C[C@H]3CCCN3C(=O)[C@H]2C)c2ccccc12. The summed E-state index contributed by atoms with van der Waals surface area (Å²) in [6, 6.07) is 13.5. The number of nitrogens with zero attached hydrogens (tertiary/aromatic N) is 2. The maximum atomic E-state index is 12.6. The fraction of sp³-hybridized carbons (Fsp3) is 0.450. The molecule has 3 nitrogen and oxygen atoms in total. The Hall–Kier alpha value is -1.87. The molecule has 2 aromatic carbocycles. The van der Waals surface area contributed by atoms with Gasteiger partial charge in [-0.2, -0.15) is 0 Å². The number of aryl methyl sites for hydroxylation is 1. The summed E-state index contributed by atoms with van der Waals surface area (Å²) >= 11 is 0. The molecule has 2 aliphatic heterocycles. The predicted molar refractivity (Wildman–Crippen MR) is 93.3 cm³/mol. The summed E-state index contributed by atoms with van der Waals surface area (Å²) in [6.45, 7) is 7.05. The molecule has 1 amide bonds. The van der Waals surface area contributed by atoms with Gasteiger partial charge in [-0.25, -0.2) is 0 Å². The van der Waals surface area contributed by atoms with Crippen molar-refractivity contribution in [2.75, 3.05) is 13.1 Å². The quantitative estimate of drug-likeness (QED) is 0.849. The smallest absolute Gasteiger partial charge is 0.239 e. The summed E-state index contributed by atoms with van der Waals surface area (Å²) in [5, 5.41) is 2.64. The van der Waals surface area contributed by atoms with Crippen LogP contribution in [0.4, 0.5) is 0 Å². The van der Waals surface area contributed by atoms with Gasteiger partial charge in [0.25, 0.3) is 0 Å². The van der Waals surface area contributed by atoms with Crippen LogP contribution in [0, 0.1) is 6.92 Å². The first kappa shape index (κ1) is 14.7. The molecule has 120 valence electrons. The number of hydrogen-bond donors (Lipinski definition) is 0. The molecule has 3 heteroatoms. The molecule has 0 N–H and O–H groups in total. The number of piperazine rings is 1. The Bertz CT molecular complexity index is 754. The van der Waals surface area contributed by atoms with E-state index in [1.165, 1.54) is 21.9 Å². The Morgan fingerprint density at radius 1 is 1.13 bits per heavy atom. The largest absolute Gasteiger partial charge is 0.337 e. The molecular formula is C20H24N2O. The number of benzene rings is 2. The summed E-state index contributed by atoms with van der Waals surface area (Å²) in [6.07, 6.45) is 2.31. The molecule has 0 aliphatic carbocycles. The topological polar surface area (TPSA) is 23.6 Å². The summed E-state index contributed by atoms with van der Waals surface area (Å²) in [4.78, 5) is 17.1. The molecule has 2 fully saturated rings. The van der Waals surface area contributed by atoms with Crippen molar-refractivity contribution in [2.45, 2.75) is 45.3 Å². The van der Waals surface area contributed by atoms with Crippen LogP contribution >= 0.6 is 0 Å². The van der Waals surface area contributed by atoms with Crippen molar-refractivity contribution >= 4 is 16.7 Å². The lowest BCUT2D eigenvalue weighted by molar-refractivity contribution is -0.143. The third kappa shape index (κ3) is 2.43. The Balaban J connectivity index is 1.65. The molecule has 2 aromatic rings. The van der Waals surface area contributed by atoms with Crippen LogP contribution in [0.5, 0.6) is 0 Å². The van der Waals surface area contributed by atoms with E-state index in [1.807, 2.05) is 0 Å². The molecule has 0 saturated carbocycles. The first-order chi connectivity index (χ1) is 11.1. The zero-order valence-electron chi connectivity index (χ0n) is 14.0. The summed E-state index contributed by atoms with van der Waals surface area (Å²) in [5.74, 6) is 0.315. The molecule has 0 radical (unpaired) electrons. The van der Waals surface area contributed by atoms with Crippen LogP contribution < -0.4 is 0 Å². The van der Waals surface area contributed by atoms with E-state index in [4.69, 9.17) is 0 Å². The first-order valence-corrected chi connectivity index (χ1v) is 8.67. The highest BCUT2D eigenvalue weighted by Crippen LogP contribution is 2.29. The van der Waals surface area contributed by atoms with E-state index in [1.54, 1.807) is 0 Å². The van der Waals surface area contributed by atoms with Gasteiger partial charge in [0.05, 0.1) is 6.04 Å². The van der Waals surface area contributed by atoms with E-state index in [-0.39, 0.29) is 6.04 Å². The Kier molecular flexibility index (Phi) is 3.61. The van der Waals surface area contributed by atoms with Gasteiger partial charge in [0.15, 0.2) is 0 Å². The van der Waals surface area contributed by atoms with E-state index in [0.717, 1.165) is 32.5 Å². The first-order valence-electron chi connectivity index (χ1n) is 8.67. The lowest BCUT2D eigenvalue weighted by Gasteiger charge is -2.41. The standard InChI is InChI=1S/C20H24N2O/c1-14-9-10-16(19-8-4-3-7-18(14)19)12-21-13-17-6-5-11-22(17)20(23)15(21)2/h3-4,7-10,15,17H,5-6,11-13H2,1-2H3/t15-,17-/m1/s1. The van der Waals surface area contributed by atoms with Gasteiger partial charge < -0.3 is 4.90 Å². The summed E-state index contributed by atoms with van der Waals surface area (Å²) in [5.41, 5.74) is 2.64. The second kappa shape index (κ2) is 5.64. The van der Waals surface area contributed by atoms with Crippen LogP contribution in [-0.4, -0.2) is 40.9 Å². The number of hydrogen-bond acceptors (Lipinski definition) is 2. The van der Waals surface area contributed by atoms with E-state index in [9.17, 15) is 4.79 Å². The molecule has 2 aliphatic rings. The molecule has 23 heavy (non-hydrogen) atoms. The summed E-state index contributed by atoms with van der Waals surface area (Å²) in [7, 11) is 0. The lowest BCUT2D eigenvalue weighted by Crippen LogP contribution is -2.58. The highest BCUT2D eigenvalue weighted by Gasteiger charge is 2.40. The minimum Gasteiger partial charge on any atom is -0.337 e. The van der Waals surface area contributed by atoms with Gasteiger partial charge in [-0.15, -0.1) is 0 Å². The molecule has 0 aromatic heterocycles. The van der Waals surface area contributed by atoms with E-state index >= 15 is 0 Å². The molecule has 2 saturated heterocycles. The van der Waals surface area contributed by atoms with Crippen molar-refractivity contribution in [1.82, 2.24) is 9.80 Å². The fourth-order valence-electron chi connectivity index (χ4n) is 4.21. The molecule has 0 bridgehead atoms. The highest BCUT2D eigenvalue weighted by atomic mass is 16.2. The van der Waals surface area contributed by atoms with E-state index in [0.29, 0.717) is 11.9 Å². The monoisotopic (exact) mass is 308 g/mol. The molecular weight excluding hydrogens is 284 g/mol. The third-order valence-corrected chi connectivity index (χ3v) is 5.62. The van der Waals surface area contributed by atoms with Crippen molar-refractivity contribution in [3.05, 3.63) is 47.5 Å². The Morgan fingerprint density at radius 2 is 1.91 bits per heavy atom. The van der Waals surface area contributed by atoms with Gasteiger partial charge in [0.1, 0.15) is 0 Å². The fourth-order valence-corrected chi connectivity index (χ4v) is 4.21. The second-order valence-corrected chi connectivity index (χ2v) is 7.02. The Morgan fingerprint density at radius 3 is 2.74 bits per heavy atom. The normalized spacial score (nSPS) is 25.1. The van der Waals surface area contributed by atoms with Gasteiger partial charge in [-0.3, -0.25) is 9.69 Å². The average molecular weight is 308 g/mol. The van der Waals surface area contributed by atoms with Crippen LogP contribution in [0.1, 0.15) is 30.9 Å². The molecule has 2 heterocycles. The number of carbonyl (C=O) groups excluding carboxylic acids is 1. The van der Waals surface area contributed by atoms with E-state index in [2.05, 4.69) is 60.0 Å². The van der Waals surface area contributed by atoms with Crippen molar-refractivity contribution < 1.29 is 4.79 Å². The van der Waals surface area contributed by atoms with Crippen molar-refractivity contribution in [3.8, 4) is 0 Å².